The van der Waals surface area contributed by atoms with Crippen molar-refractivity contribution < 1.29 is 19.4 Å². The van der Waals surface area contributed by atoms with Gasteiger partial charge in [-0.05, 0) is 76.4 Å². The number of imide groups is 1. The minimum absolute atomic E-state index is 0.0810. The number of hydrogen-bond acceptors (Lipinski definition) is 12. The fourth-order valence-electron chi connectivity index (χ4n) is 7.99. The quantitative estimate of drug-likeness (QED) is 0.101. The minimum atomic E-state index is -0.184. The van der Waals surface area contributed by atoms with E-state index >= 15 is 0 Å². The van der Waals surface area contributed by atoms with Gasteiger partial charge in [-0.1, -0.05) is 85.5 Å². The summed E-state index contributed by atoms with van der Waals surface area (Å²) in [5.41, 5.74) is 28.7. The molecule has 3 atom stereocenters. The van der Waals surface area contributed by atoms with Crippen molar-refractivity contribution in [3.05, 3.63) is 120 Å². The summed E-state index contributed by atoms with van der Waals surface area (Å²) in [5.74, 6) is -0.142. The van der Waals surface area contributed by atoms with Crippen LogP contribution >= 0.6 is 0 Å². The van der Waals surface area contributed by atoms with Crippen LogP contribution < -0.4 is 43.4 Å². The second-order valence-corrected chi connectivity index (χ2v) is 15.5. The first-order chi connectivity index (χ1) is 29.0. The van der Waals surface area contributed by atoms with Crippen molar-refractivity contribution in [1.29, 1.82) is 0 Å². The number of para-hydroxylation sites is 2. The number of rotatable bonds is 7. The number of aryl methyl sites for hydroxylation is 1. The molecular formula is C46H64N10O4. The number of piperidine rings is 1. The molecule has 8 rings (SSSR count). The lowest BCUT2D eigenvalue weighted by Crippen LogP contribution is -2.52. The van der Waals surface area contributed by atoms with E-state index in [-0.39, 0.29) is 41.6 Å². The Morgan fingerprint density at radius 2 is 1.58 bits per heavy atom. The van der Waals surface area contributed by atoms with Gasteiger partial charge in [0.15, 0.2) is 0 Å². The number of hydrogen-bond donors (Lipinski definition) is 7. The molecule has 1 aliphatic carbocycles. The number of phenolic OH excluding ortho intramolecular Hbond substituents is 1. The Hall–Kier alpha value is -5.83. The molecule has 4 heterocycles. The number of anilines is 2. The van der Waals surface area contributed by atoms with E-state index in [2.05, 4.69) is 63.3 Å². The molecule has 14 heteroatoms. The van der Waals surface area contributed by atoms with Gasteiger partial charge in [0, 0.05) is 55.1 Å². The molecule has 60 heavy (non-hydrogen) atoms. The van der Waals surface area contributed by atoms with E-state index in [1.165, 1.54) is 50.3 Å². The first kappa shape index (κ1) is 45.3. The number of allylic oxidation sites excluding steroid dienone is 2. The van der Waals surface area contributed by atoms with Gasteiger partial charge in [0.2, 0.25) is 11.8 Å². The van der Waals surface area contributed by atoms with Gasteiger partial charge in [0.05, 0.1) is 30.8 Å². The Balaban J connectivity index is 0.000000215. The van der Waals surface area contributed by atoms with Crippen LogP contribution in [-0.4, -0.2) is 84.2 Å². The SMILES string of the molecule is CC1CN(c2cnn(C(/C=C(\N)c3ccccc3O)=C(N)N)c2)CC(NC2CCCCC2)CO1.CN.Cc1ccccc1.O=C1CCC(N2CCc3ccccc32)C(=O)N1. The predicted octanol–water partition coefficient (Wildman–Crippen LogP) is 4.57. The summed E-state index contributed by atoms with van der Waals surface area (Å²) < 4.78 is 7.71. The number of carbonyl (C=O) groups is 2. The highest BCUT2D eigenvalue weighted by atomic mass is 16.5. The fourth-order valence-corrected chi connectivity index (χ4v) is 7.99. The number of benzene rings is 3. The van der Waals surface area contributed by atoms with Crippen LogP contribution in [0.2, 0.25) is 0 Å². The molecular weight excluding hydrogens is 757 g/mol. The second kappa shape index (κ2) is 22.5. The normalized spacial score (nSPS) is 20.5. The standard InChI is InChI=1S/C25H37N7O2.C13H14N2O2.C7H8.CH5N/c1-17-13-31(14-19(16-34-17)30-18-7-3-2-4-8-18)20-12-29-32(15-20)23(25(27)28)11-22(26)21-9-5-6-10-24(21)33;16-12-6-5-11(13(17)14-12)15-8-7-9-3-1-2-4-10(9)15;1-7-5-3-2-4-6-7;1-2/h5-6,9-12,15,17-19,30,33H,2-4,7-8,13-14,16,26-28H2,1H3;1-4,11H,5-8H2,(H,14,16,17);2-6H,1H3;2H2,1H3/b22-11-;;;. The van der Waals surface area contributed by atoms with E-state index in [0.29, 0.717) is 42.4 Å². The molecule has 14 nitrogen and oxygen atoms in total. The first-order valence-electron chi connectivity index (χ1n) is 21.0. The number of nitrogens with one attached hydrogen (secondary N) is 2. The van der Waals surface area contributed by atoms with Crippen LogP contribution in [0.15, 0.2) is 103 Å². The molecule has 3 fully saturated rings. The van der Waals surface area contributed by atoms with E-state index < -0.39 is 0 Å². The van der Waals surface area contributed by atoms with E-state index in [4.69, 9.17) is 21.9 Å². The summed E-state index contributed by atoms with van der Waals surface area (Å²) in [6, 6.07) is 25.9. The van der Waals surface area contributed by atoms with Crippen molar-refractivity contribution in [1.82, 2.24) is 20.4 Å². The van der Waals surface area contributed by atoms with E-state index in [0.717, 1.165) is 37.4 Å². The van der Waals surface area contributed by atoms with Crippen LogP contribution in [0.1, 0.15) is 68.6 Å². The minimum Gasteiger partial charge on any atom is -0.507 e. The highest BCUT2D eigenvalue weighted by Crippen LogP contribution is 2.31. The van der Waals surface area contributed by atoms with Crippen LogP contribution in [-0.2, 0) is 20.7 Å². The highest BCUT2D eigenvalue weighted by molar-refractivity contribution is 6.02. The Morgan fingerprint density at radius 1 is 0.883 bits per heavy atom. The van der Waals surface area contributed by atoms with Gasteiger partial charge in [-0.3, -0.25) is 14.9 Å². The number of ether oxygens (including phenoxy) is 1. The lowest BCUT2D eigenvalue weighted by molar-refractivity contribution is -0.134. The largest absolute Gasteiger partial charge is 0.507 e. The average Bonchev–Trinajstić information content (AvgIpc) is 3.87. The summed E-state index contributed by atoms with van der Waals surface area (Å²) >= 11 is 0. The molecule has 11 N–H and O–H groups in total. The number of carbonyl (C=O) groups excluding carboxylic acids is 2. The molecule has 322 valence electrons. The third-order valence-corrected chi connectivity index (χ3v) is 11.0. The summed E-state index contributed by atoms with van der Waals surface area (Å²) in [6.45, 7) is 7.34. The number of nitrogens with zero attached hydrogens (tertiary/aromatic N) is 4. The summed E-state index contributed by atoms with van der Waals surface area (Å²) in [4.78, 5) is 27.4. The van der Waals surface area contributed by atoms with Crippen molar-refractivity contribution in [2.45, 2.75) is 89.4 Å². The van der Waals surface area contributed by atoms with Crippen LogP contribution in [0, 0.1) is 6.92 Å². The lowest BCUT2D eigenvalue weighted by Gasteiger charge is -2.31. The number of amides is 2. The molecule has 2 amide bonds. The van der Waals surface area contributed by atoms with Gasteiger partial charge in [-0.25, -0.2) is 4.68 Å². The van der Waals surface area contributed by atoms with Gasteiger partial charge in [0.1, 0.15) is 23.3 Å². The van der Waals surface area contributed by atoms with Gasteiger partial charge < -0.3 is 47.9 Å². The number of aromatic nitrogens is 2. The Bertz CT molecular complexity index is 2040. The van der Waals surface area contributed by atoms with Gasteiger partial charge in [-0.15, -0.1) is 0 Å². The van der Waals surface area contributed by atoms with Crippen LogP contribution in [0.5, 0.6) is 5.75 Å². The maximum atomic E-state index is 11.8. The molecule has 1 saturated carbocycles. The maximum Gasteiger partial charge on any atom is 0.249 e. The smallest absolute Gasteiger partial charge is 0.249 e. The zero-order valence-corrected chi connectivity index (χ0v) is 35.3. The van der Waals surface area contributed by atoms with Crippen molar-refractivity contribution in [2.24, 2.45) is 22.9 Å². The Kier molecular flexibility index (Phi) is 17.0. The first-order valence-corrected chi connectivity index (χ1v) is 21.0. The molecule has 4 aliphatic rings. The average molecular weight is 821 g/mol. The third-order valence-electron chi connectivity index (χ3n) is 11.0. The summed E-state index contributed by atoms with van der Waals surface area (Å²) in [7, 11) is 1.50. The molecule has 0 radical (unpaired) electrons. The molecule has 1 aromatic heterocycles. The molecule has 4 aromatic rings. The number of nitrogens with two attached hydrogens (primary N) is 4. The van der Waals surface area contributed by atoms with E-state index in [9.17, 15) is 14.7 Å². The zero-order chi connectivity index (χ0) is 43.0. The summed E-state index contributed by atoms with van der Waals surface area (Å²) in [6.07, 6.45) is 13.9. The van der Waals surface area contributed by atoms with E-state index in [1.54, 1.807) is 35.0 Å². The molecule has 3 aromatic carbocycles. The fraction of sp³-hybridized carbons (Fsp3) is 0.413. The predicted molar refractivity (Wildman–Crippen MR) is 240 cm³/mol. The molecule has 3 unspecified atom stereocenters. The van der Waals surface area contributed by atoms with Gasteiger partial charge in [0.25, 0.3) is 0 Å². The number of aromatic hydroxyl groups is 1. The summed E-state index contributed by atoms with van der Waals surface area (Å²) in [5, 5.41) is 20.9. The molecule has 3 aliphatic heterocycles. The maximum absolute atomic E-state index is 11.8. The lowest BCUT2D eigenvalue weighted by atomic mass is 9.95. The monoisotopic (exact) mass is 821 g/mol. The highest BCUT2D eigenvalue weighted by Gasteiger charge is 2.34. The van der Waals surface area contributed by atoms with Crippen LogP contribution in [0.4, 0.5) is 11.4 Å². The number of fused-ring (bicyclic) bond motifs is 1. The van der Waals surface area contributed by atoms with Crippen molar-refractivity contribution in [3.63, 3.8) is 0 Å². The van der Waals surface area contributed by atoms with E-state index in [1.807, 2.05) is 48.8 Å². The zero-order valence-electron chi connectivity index (χ0n) is 35.3. The molecule has 2 saturated heterocycles. The van der Waals surface area contributed by atoms with Gasteiger partial charge >= 0.3 is 0 Å². The third kappa shape index (κ3) is 12.6. The Labute approximate surface area is 354 Å². The van der Waals surface area contributed by atoms with Crippen molar-refractivity contribution >= 4 is 34.6 Å². The molecule has 0 bridgehead atoms. The molecule has 0 spiro atoms. The second-order valence-electron chi connectivity index (χ2n) is 15.5. The van der Waals surface area contributed by atoms with Crippen LogP contribution in [0.25, 0.3) is 11.4 Å². The van der Waals surface area contributed by atoms with Gasteiger partial charge in [-0.2, -0.15) is 5.10 Å². The Morgan fingerprint density at radius 3 is 2.27 bits per heavy atom. The van der Waals surface area contributed by atoms with Crippen molar-refractivity contribution in [3.8, 4) is 5.75 Å². The van der Waals surface area contributed by atoms with Crippen LogP contribution in [0.3, 0.4) is 0 Å². The number of phenols is 1. The van der Waals surface area contributed by atoms with Crippen molar-refractivity contribution in [2.75, 3.05) is 43.1 Å². The topological polar surface area (TPSA) is 216 Å².